The highest BCUT2D eigenvalue weighted by atomic mass is 19.1. The standard InChI is InChI=1S/C15H16FNO4/c1-9-4-5-10(6-11(9)16)8-17-13(18)7-12-14(19)21-15(2,3)20-12/h4-7H,8H2,1-3H3,(H,17,18). The van der Waals surface area contributed by atoms with E-state index in [0.717, 1.165) is 6.08 Å². The maximum absolute atomic E-state index is 13.4. The molecule has 1 aliphatic rings. The number of amides is 1. The average Bonchev–Trinajstić information content (AvgIpc) is 2.64. The Hall–Kier alpha value is -2.37. The van der Waals surface area contributed by atoms with Crippen molar-refractivity contribution in [3.8, 4) is 0 Å². The molecule has 1 aromatic rings. The molecule has 1 aromatic carbocycles. The molecule has 1 aliphatic heterocycles. The maximum atomic E-state index is 13.4. The molecule has 1 amide bonds. The fourth-order valence-corrected chi connectivity index (χ4v) is 1.79. The van der Waals surface area contributed by atoms with Crippen molar-refractivity contribution in [3.05, 3.63) is 47.0 Å². The molecule has 0 saturated carbocycles. The smallest absolute Gasteiger partial charge is 0.377 e. The summed E-state index contributed by atoms with van der Waals surface area (Å²) >= 11 is 0. The predicted octanol–water partition coefficient (Wildman–Crippen LogP) is 1.94. The van der Waals surface area contributed by atoms with Crippen LogP contribution in [0.1, 0.15) is 25.0 Å². The fourth-order valence-electron chi connectivity index (χ4n) is 1.79. The van der Waals surface area contributed by atoms with Crippen LogP contribution in [0.4, 0.5) is 4.39 Å². The Kier molecular flexibility index (Phi) is 3.97. The fraction of sp³-hybridized carbons (Fsp3) is 0.333. The SMILES string of the molecule is Cc1ccc(CNC(=O)C=C2OC(C)(C)OC2=O)cc1F. The second-order valence-corrected chi connectivity index (χ2v) is 5.20. The second-order valence-electron chi connectivity index (χ2n) is 5.20. The first-order valence-corrected chi connectivity index (χ1v) is 6.44. The van der Waals surface area contributed by atoms with E-state index in [1.165, 1.54) is 6.07 Å². The number of esters is 1. The molecule has 1 N–H and O–H groups in total. The van der Waals surface area contributed by atoms with Gasteiger partial charge in [0, 0.05) is 20.4 Å². The van der Waals surface area contributed by atoms with Gasteiger partial charge in [-0.1, -0.05) is 12.1 Å². The zero-order valence-electron chi connectivity index (χ0n) is 12.0. The topological polar surface area (TPSA) is 64.6 Å². The van der Waals surface area contributed by atoms with Gasteiger partial charge in [0.15, 0.2) is 0 Å². The van der Waals surface area contributed by atoms with Crippen LogP contribution >= 0.6 is 0 Å². The van der Waals surface area contributed by atoms with E-state index >= 15 is 0 Å². The number of carbonyl (C=O) groups excluding carboxylic acids is 2. The molecule has 1 saturated heterocycles. The van der Waals surface area contributed by atoms with Gasteiger partial charge in [0.25, 0.3) is 0 Å². The van der Waals surface area contributed by atoms with Crippen molar-refractivity contribution in [3.63, 3.8) is 0 Å². The Morgan fingerprint density at radius 3 is 2.67 bits per heavy atom. The average molecular weight is 293 g/mol. The Morgan fingerprint density at radius 2 is 2.10 bits per heavy atom. The van der Waals surface area contributed by atoms with Crippen LogP contribution in [0, 0.1) is 12.7 Å². The number of hydrogen-bond acceptors (Lipinski definition) is 4. The molecule has 1 heterocycles. The van der Waals surface area contributed by atoms with Gasteiger partial charge < -0.3 is 14.8 Å². The lowest BCUT2D eigenvalue weighted by molar-refractivity contribution is -0.159. The zero-order valence-corrected chi connectivity index (χ0v) is 12.0. The van der Waals surface area contributed by atoms with E-state index in [1.54, 1.807) is 32.9 Å². The van der Waals surface area contributed by atoms with Crippen molar-refractivity contribution in [2.75, 3.05) is 0 Å². The van der Waals surface area contributed by atoms with E-state index in [0.29, 0.717) is 11.1 Å². The largest absolute Gasteiger partial charge is 0.445 e. The number of halogens is 1. The monoisotopic (exact) mass is 293 g/mol. The van der Waals surface area contributed by atoms with E-state index in [1.807, 2.05) is 0 Å². The van der Waals surface area contributed by atoms with Crippen molar-refractivity contribution < 1.29 is 23.5 Å². The van der Waals surface area contributed by atoms with Crippen LogP contribution in [-0.2, 0) is 25.6 Å². The van der Waals surface area contributed by atoms with Crippen LogP contribution in [0.25, 0.3) is 0 Å². The Morgan fingerprint density at radius 1 is 1.38 bits per heavy atom. The molecular formula is C15H16FNO4. The summed E-state index contributed by atoms with van der Waals surface area (Å²) in [6, 6.07) is 4.71. The maximum Gasteiger partial charge on any atom is 0.377 e. The molecule has 0 unspecified atom stereocenters. The molecule has 5 nitrogen and oxygen atoms in total. The van der Waals surface area contributed by atoms with Crippen molar-refractivity contribution in [1.29, 1.82) is 0 Å². The Labute approximate surface area is 121 Å². The zero-order chi connectivity index (χ0) is 15.6. The minimum atomic E-state index is -1.07. The summed E-state index contributed by atoms with van der Waals surface area (Å²) in [4.78, 5) is 23.1. The molecule has 112 valence electrons. The van der Waals surface area contributed by atoms with Crippen LogP contribution < -0.4 is 5.32 Å². The number of nitrogens with one attached hydrogen (secondary N) is 1. The third kappa shape index (κ3) is 3.81. The van der Waals surface area contributed by atoms with Gasteiger partial charge in [-0.15, -0.1) is 0 Å². The predicted molar refractivity (Wildman–Crippen MR) is 72.3 cm³/mol. The van der Waals surface area contributed by atoms with Crippen LogP contribution in [0.2, 0.25) is 0 Å². The number of cyclic esters (lactones) is 1. The van der Waals surface area contributed by atoms with E-state index in [-0.39, 0.29) is 18.1 Å². The van der Waals surface area contributed by atoms with Gasteiger partial charge in [-0.3, -0.25) is 4.79 Å². The quantitative estimate of drug-likeness (QED) is 0.683. The lowest BCUT2D eigenvalue weighted by Crippen LogP contribution is -2.22. The van der Waals surface area contributed by atoms with Gasteiger partial charge in [-0.25, -0.2) is 9.18 Å². The first-order valence-electron chi connectivity index (χ1n) is 6.44. The van der Waals surface area contributed by atoms with Crippen molar-refractivity contribution in [1.82, 2.24) is 5.32 Å². The van der Waals surface area contributed by atoms with Gasteiger partial charge in [-0.2, -0.15) is 0 Å². The highest BCUT2D eigenvalue weighted by Crippen LogP contribution is 2.25. The van der Waals surface area contributed by atoms with Crippen LogP contribution in [0.3, 0.4) is 0 Å². The summed E-state index contributed by atoms with van der Waals surface area (Å²) in [6.45, 7) is 4.95. The first-order chi connectivity index (χ1) is 9.77. The number of aryl methyl sites for hydroxylation is 1. The number of rotatable bonds is 3. The van der Waals surface area contributed by atoms with Crippen molar-refractivity contribution >= 4 is 11.9 Å². The minimum absolute atomic E-state index is 0.146. The van der Waals surface area contributed by atoms with Gasteiger partial charge in [-0.05, 0) is 24.1 Å². The molecule has 0 bridgehead atoms. The summed E-state index contributed by atoms with van der Waals surface area (Å²) in [5.41, 5.74) is 1.16. The Balaban J connectivity index is 1.96. The van der Waals surface area contributed by atoms with E-state index in [2.05, 4.69) is 5.32 Å². The number of carbonyl (C=O) groups is 2. The van der Waals surface area contributed by atoms with E-state index in [4.69, 9.17) is 9.47 Å². The van der Waals surface area contributed by atoms with Crippen LogP contribution in [0.15, 0.2) is 30.0 Å². The van der Waals surface area contributed by atoms with E-state index in [9.17, 15) is 14.0 Å². The number of hydrogen-bond donors (Lipinski definition) is 1. The third-order valence-corrected chi connectivity index (χ3v) is 2.86. The van der Waals surface area contributed by atoms with Crippen LogP contribution in [0.5, 0.6) is 0 Å². The molecule has 0 atom stereocenters. The lowest BCUT2D eigenvalue weighted by Gasteiger charge is -2.13. The molecule has 0 aliphatic carbocycles. The van der Waals surface area contributed by atoms with Gasteiger partial charge in [0.1, 0.15) is 5.82 Å². The van der Waals surface area contributed by atoms with Gasteiger partial charge in [0.2, 0.25) is 17.5 Å². The lowest BCUT2D eigenvalue weighted by atomic mass is 10.1. The summed E-state index contributed by atoms with van der Waals surface area (Å²) in [7, 11) is 0. The molecule has 1 fully saturated rings. The Bertz CT molecular complexity index is 622. The van der Waals surface area contributed by atoms with Gasteiger partial charge in [0.05, 0.1) is 6.08 Å². The summed E-state index contributed by atoms with van der Waals surface area (Å²) in [6.07, 6.45) is 1.03. The highest BCUT2D eigenvalue weighted by Gasteiger charge is 2.37. The van der Waals surface area contributed by atoms with Crippen molar-refractivity contribution in [2.45, 2.75) is 33.1 Å². The number of ether oxygens (including phenoxy) is 2. The molecule has 0 aromatic heterocycles. The minimum Gasteiger partial charge on any atom is -0.445 e. The summed E-state index contributed by atoms with van der Waals surface area (Å²) in [5.74, 6) is -2.74. The second kappa shape index (κ2) is 5.55. The highest BCUT2D eigenvalue weighted by molar-refractivity contribution is 5.97. The normalized spacial score (nSPS) is 18.3. The molecule has 0 radical (unpaired) electrons. The molecule has 2 rings (SSSR count). The molecule has 21 heavy (non-hydrogen) atoms. The molecule has 0 spiro atoms. The van der Waals surface area contributed by atoms with Gasteiger partial charge >= 0.3 is 5.97 Å². The third-order valence-electron chi connectivity index (χ3n) is 2.86. The summed E-state index contributed by atoms with van der Waals surface area (Å²) in [5, 5.41) is 2.55. The van der Waals surface area contributed by atoms with E-state index < -0.39 is 17.7 Å². The molecule has 6 heteroatoms. The number of benzene rings is 1. The summed E-state index contributed by atoms with van der Waals surface area (Å²) < 4.78 is 23.4. The van der Waals surface area contributed by atoms with Crippen molar-refractivity contribution in [2.24, 2.45) is 0 Å². The van der Waals surface area contributed by atoms with Crippen LogP contribution in [-0.4, -0.2) is 17.7 Å². The molecular weight excluding hydrogens is 277 g/mol. The first kappa shape index (κ1) is 15.0.